The fourth-order valence-corrected chi connectivity index (χ4v) is 4.77. The minimum absolute atomic E-state index is 0.0244. The maximum atomic E-state index is 12.9. The van der Waals surface area contributed by atoms with E-state index in [0.717, 1.165) is 38.6 Å². The monoisotopic (exact) mass is 385 g/mol. The number of nitrogens with zero attached hydrogens (tertiary/aromatic N) is 3. The summed E-state index contributed by atoms with van der Waals surface area (Å²) in [4.78, 5) is 31.3. The van der Waals surface area contributed by atoms with Gasteiger partial charge in [-0.15, -0.1) is 0 Å². The number of piperidine rings is 2. The molecule has 152 valence electrons. The summed E-state index contributed by atoms with van der Waals surface area (Å²) in [5, 5.41) is 0. The van der Waals surface area contributed by atoms with E-state index in [2.05, 4.69) is 24.1 Å². The minimum Gasteiger partial charge on any atom is -0.441 e. The van der Waals surface area contributed by atoms with Gasteiger partial charge >= 0.3 is 6.09 Å². The van der Waals surface area contributed by atoms with E-state index in [-0.39, 0.29) is 18.0 Å². The zero-order chi connectivity index (χ0) is 19.6. The topological polar surface area (TPSA) is 53.1 Å². The average Bonchev–Trinajstić information content (AvgIpc) is 3.02. The van der Waals surface area contributed by atoms with Crippen LogP contribution in [0.1, 0.15) is 37.7 Å². The lowest BCUT2D eigenvalue weighted by atomic mass is 9.90. The molecule has 3 fully saturated rings. The van der Waals surface area contributed by atoms with Crippen molar-refractivity contribution in [2.45, 2.75) is 50.2 Å². The lowest BCUT2D eigenvalue weighted by molar-refractivity contribution is -0.141. The van der Waals surface area contributed by atoms with Gasteiger partial charge in [0.25, 0.3) is 0 Å². The highest BCUT2D eigenvalue weighted by Crippen LogP contribution is 2.34. The molecule has 0 aliphatic carbocycles. The molecule has 0 bridgehead atoms. The molecule has 0 radical (unpaired) electrons. The number of benzene rings is 1. The van der Waals surface area contributed by atoms with Crippen molar-refractivity contribution in [1.82, 2.24) is 14.7 Å². The minimum atomic E-state index is -0.414. The summed E-state index contributed by atoms with van der Waals surface area (Å²) in [5.41, 5.74) is 0.816. The van der Waals surface area contributed by atoms with E-state index in [1.807, 2.05) is 28.0 Å². The van der Waals surface area contributed by atoms with Crippen LogP contribution in [0, 0.1) is 0 Å². The van der Waals surface area contributed by atoms with E-state index in [1.54, 1.807) is 0 Å². The standard InChI is InChI=1S/C22H31N3O3/c1-23-13-6-5-9-19(23)20(26)24-15-11-22(12-16-24)17-25(21(27)28-22)14-10-18-7-3-2-4-8-18/h2-4,7-8,19H,5-6,9-17H2,1H3/t19-/m1/s1. The second kappa shape index (κ2) is 8.11. The van der Waals surface area contributed by atoms with E-state index in [1.165, 1.54) is 12.0 Å². The van der Waals surface area contributed by atoms with Gasteiger partial charge in [-0.1, -0.05) is 36.8 Å². The second-order valence-electron chi connectivity index (χ2n) is 8.53. The molecule has 28 heavy (non-hydrogen) atoms. The zero-order valence-electron chi connectivity index (χ0n) is 16.8. The van der Waals surface area contributed by atoms with Crippen LogP contribution < -0.4 is 0 Å². The Labute approximate surface area is 167 Å². The Balaban J connectivity index is 1.30. The number of amides is 2. The van der Waals surface area contributed by atoms with Crippen LogP contribution in [0.2, 0.25) is 0 Å². The quantitative estimate of drug-likeness (QED) is 0.799. The van der Waals surface area contributed by atoms with Gasteiger partial charge in [0.2, 0.25) is 5.91 Å². The number of rotatable bonds is 4. The average molecular weight is 386 g/mol. The van der Waals surface area contributed by atoms with Crippen molar-refractivity contribution in [1.29, 1.82) is 0 Å². The predicted molar refractivity (Wildman–Crippen MR) is 107 cm³/mol. The fourth-order valence-electron chi connectivity index (χ4n) is 4.77. The van der Waals surface area contributed by atoms with Crippen molar-refractivity contribution in [3.63, 3.8) is 0 Å². The molecule has 4 rings (SSSR count). The van der Waals surface area contributed by atoms with E-state index in [0.29, 0.717) is 26.2 Å². The highest BCUT2D eigenvalue weighted by Gasteiger charge is 2.47. The molecule has 3 heterocycles. The molecule has 1 aromatic carbocycles. The zero-order valence-corrected chi connectivity index (χ0v) is 16.8. The summed E-state index contributed by atoms with van der Waals surface area (Å²) in [6.07, 6.45) is 5.38. The summed E-state index contributed by atoms with van der Waals surface area (Å²) < 4.78 is 5.82. The summed E-state index contributed by atoms with van der Waals surface area (Å²) >= 11 is 0. The molecular formula is C22H31N3O3. The van der Waals surface area contributed by atoms with Crippen molar-refractivity contribution < 1.29 is 14.3 Å². The van der Waals surface area contributed by atoms with Crippen LogP contribution in [0.5, 0.6) is 0 Å². The Morgan fingerprint density at radius 3 is 2.61 bits per heavy atom. The molecule has 6 heteroatoms. The summed E-state index contributed by atoms with van der Waals surface area (Å²) in [5.74, 6) is 0.252. The van der Waals surface area contributed by atoms with Gasteiger partial charge in [-0.3, -0.25) is 9.69 Å². The molecule has 0 saturated carbocycles. The second-order valence-corrected chi connectivity index (χ2v) is 8.53. The van der Waals surface area contributed by atoms with Gasteiger partial charge in [-0.05, 0) is 38.4 Å². The highest BCUT2D eigenvalue weighted by molar-refractivity contribution is 5.82. The van der Waals surface area contributed by atoms with E-state index in [4.69, 9.17) is 4.74 Å². The molecule has 1 spiro atoms. The molecular weight excluding hydrogens is 354 g/mol. The van der Waals surface area contributed by atoms with Crippen LogP contribution in [-0.4, -0.2) is 78.1 Å². The molecule has 2 amide bonds. The van der Waals surface area contributed by atoms with Gasteiger partial charge in [-0.25, -0.2) is 4.79 Å². The third-order valence-electron chi connectivity index (χ3n) is 6.60. The first-order chi connectivity index (χ1) is 13.6. The van der Waals surface area contributed by atoms with Crippen LogP contribution in [-0.2, 0) is 16.0 Å². The molecule has 3 aliphatic heterocycles. The Hall–Kier alpha value is -2.08. The Kier molecular flexibility index (Phi) is 5.58. The molecule has 0 aromatic heterocycles. The first-order valence-corrected chi connectivity index (χ1v) is 10.6. The number of hydrogen-bond donors (Lipinski definition) is 0. The number of likely N-dealkylation sites (N-methyl/N-ethyl adjacent to an activating group) is 1. The highest BCUT2D eigenvalue weighted by atomic mass is 16.6. The third-order valence-corrected chi connectivity index (χ3v) is 6.60. The first-order valence-electron chi connectivity index (χ1n) is 10.6. The van der Waals surface area contributed by atoms with Crippen molar-refractivity contribution in [2.24, 2.45) is 0 Å². The summed E-state index contributed by atoms with van der Waals surface area (Å²) in [6, 6.07) is 10.2. The van der Waals surface area contributed by atoms with Crippen LogP contribution in [0.4, 0.5) is 4.79 Å². The van der Waals surface area contributed by atoms with Crippen molar-refractivity contribution >= 4 is 12.0 Å². The number of likely N-dealkylation sites (tertiary alicyclic amines) is 2. The number of hydrogen-bond acceptors (Lipinski definition) is 4. The van der Waals surface area contributed by atoms with Gasteiger partial charge < -0.3 is 14.5 Å². The Morgan fingerprint density at radius 1 is 1.14 bits per heavy atom. The maximum absolute atomic E-state index is 12.9. The van der Waals surface area contributed by atoms with Crippen LogP contribution in [0.15, 0.2) is 30.3 Å². The molecule has 1 atom stereocenters. The molecule has 3 saturated heterocycles. The number of carbonyl (C=O) groups is 2. The molecule has 3 aliphatic rings. The smallest absolute Gasteiger partial charge is 0.410 e. The van der Waals surface area contributed by atoms with Gasteiger partial charge in [-0.2, -0.15) is 0 Å². The first kappa shape index (κ1) is 19.2. The van der Waals surface area contributed by atoms with Gasteiger partial charge in [0.05, 0.1) is 12.6 Å². The third kappa shape index (κ3) is 4.02. The van der Waals surface area contributed by atoms with Crippen molar-refractivity contribution in [2.75, 3.05) is 39.8 Å². The van der Waals surface area contributed by atoms with E-state index >= 15 is 0 Å². The maximum Gasteiger partial charge on any atom is 0.410 e. The summed E-state index contributed by atoms with van der Waals surface area (Å²) in [6.45, 7) is 3.69. The molecule has 0 N–H and O–H groups in total. The van der Waals surface area contributed by atoms with Crippen LogP contribution in [0.3, 0.4) is 0 Å². The largest absolute Gasteiger partial charge is 0.441 e. The number of carbonyl (C=O) groups excluding carboxylic acids is 2. The van der Waals surface area contributed by atoms with Gasteiger partial charge in [0.15, 0.2) is 0 Å². The normalized spacial score (nSPS) is 25.2. The van der Waals surface area contributed by atoms with Crippen LogP contribution >= 0.6 is 0 Å². The van der Waals surface area contributed by atoms with Gasteiger partial charge in [0, 0.05) is 32.5 Å². The van der Waals surface area contributed by atoms with Crippen molar-refractivity contribution in [3.8, 4) is 0 Å². The SMILES string of the molecule is CN1CCCC[C@@H]1C(=O)N1CCC2(CC1)CN(CCc1ccccc1)C(=O)O2. The molecule has 0 unspecified atom stereocenters. The number of ether oxygens (including phenoxy) is 1. The summed E-state index contributed by atoms with van der Waals surface area (Å²) in [7, 11) is 2.05. The lowest BCUT2D eigenvalue weighted by Gasteiger charge is -2.41. The van der Waals surface area contributed by atoms with E-state index in [9.17, 15) is 9.59 Å². The lowest BCUT2D eigenvalue weighted by Crippen LogP contribution is -2.54. The van der Waals surface area contributed by atoms with Crippen LogP contribution in [0.25, 0.3) is 0 Å². The van der Waals surface area contributed by atoms with Gasteiger partial charge in [0.1, 0.15) is 5.60 Å². The van der Waals surface area contributed by atoms with Crippen molar-refractivity contribution in [3.05, 3.63) is 35.9 Å². The predicted octanol–water partition coefficient (Wildman–Crippen LogP) is 2.53. The molecule has 1 aromatic rings. The Bertz CT molecular complexity index is 700. The fraction of sp³-hybridized carbons (Fsp3) is 0.636. The van der Waals surface area contributed by atoms with E-state index < -0.39 is 5.60 Å². The Morgan fingerprint density at radius 2 is 1.89 bits per heavy atom. The molecule has 6 nitrogen and oxygen atoms in total.